The quantitative estimate of drug-likeness (QED) is 0.834. The van der Waals surface area contributed by atoms with Crippen molar-refractivity contribution in [2.75, 3.05) is 0 Å². The molecule has 0 fully saturated rings. The first-order chi connectivity index (χ1) is 12.7. The molecule has 2 heterocycles. The lowest BCUT2D eigenvalue weighted by molar-refractivity contribution is -0.164. The van der Waals surface area contributed by atoms with E-state index in [1.807, 2.05) is 0 Å². The van der Waals surface area contributed by atoms with E-state index in [-0.39, 0.29) is 28.9 Å². The Labute approximate surface area is 156 Å². The largest absolute Gasteiger partial charge is 0.471 e. The van der Waals surface area contributed by atoms with Crippen LogP contribution >= 0.6 is 11.6 Å². The lowest BCUT2D eigenvalue weighted by atomic mass is 10.1. The average Bonchev–Trinajstić information content (AvgIpc) is 3.20. The average molecular weight is 403 g/mol. The van der Waals surface area contributed by atoms with E-state index in [2.05, 4.69) is 10.2 Å². The van der Waals surface area contributed by atoms with Crippen LogP contribution in [0.3, 0.4) is 0 Å². The van der Waals surface area contributed by atoms with Crippen LogP contribution in [0.1, 0.15) is 23.8 Å². The Bertz CT molecular complexity index is 905. The number of nitrogens with zero attached hydrogens (tertiary/aromatic N) is 4. The van der Waals surface area contributed by atoms with Crippen LogP contribution < -0.4 is 4.74 Å². The van der Waals surface area contributed by atoms with Gasteiger partial charge in [-0.2, -0.15) is 15.2 Å². The molecule has 0 spiro atoms. The number of halogens is 4. The molecule has 1 atom stereocenters. The highest BCUT2D eigenvalue weighted by Gasteiger charge is 2.51. The molecule has 1 aliphatic heterocycles. The van der Waals surface area contributed by atoms with Gasteiger partial charge in [0.25, 0.3) is 12.3 Å². The highest BCUT2D eigenvalue weighted by atomic mass is 35.5. The van der Waals surface area contributed by atoms with Crippen molar-refractivity contribution in [1.29, 1.82) is 0 Å². The minimum Gasteiger partial charge on any atom is -0.471 e. The molecule has 7 nitrogen and oxygen atoms in total. The highest BCUT2D eigenvalue weighted by Crippen LogP contribution is 2.32. The summed E-state index contributed by atoms with van der Waals surface area (Å²) in [4.78, 5) is 12.4. The minimum absolute atomic E-state index is 0.114. The van der Waals surface area contributed by atoms with E-state index in [4.69, 9.17) is 16.3 Å². The van der Waals surface area contributed by atoms with Crippen molar-refractivity contribution < 1.29 is 27.8 Å². The molecule has 27 heavy (non-hydrogen) atoms. The van der Waals surface area contributed by atoms with Crippen LogP contribution in [-0.2, 0) is 6.73 Å². The Morgan fingerprint density at radius 2 is 2.19 bits per heavy atom. The van der Waals surface area contributed by atoms with E-state index in [1.165, 1.54) is 36.0 Å². The zero-order valence-corrected chi connectivity index (χ0v) is 14.7. The summed E-state index contributed by atoms with van der Waals surface area (Å²) in [5.41, 5.74) is -2.71. The fourth-order valence-electron chi connectivity index (χ4n) is 2.50. The van der Waals surface area contributed by atoms with Crippen LogP contribution in [0.15, 0.2) is 35.6 Å². The maximum Gasteiger partial charge on any atom is 0.297 e. The van der Waals surface area contributed by atoms with Crippen LogP contribution in [0.2, 0.25) is 5.02 Å². The summed E-state index contributed by atoms with van der Waals surface area (Å²) < 4.78 is 46.1. The van der Waals surface area contributed by atoms with E-state index in [0.717, 1.165) is 6.07 Å². The number of carbonyl (C=O) groups excluding carboxylic acids is 1. The minimum atomic E-state index is -3.20. The molecule has 1 aromatic carbocycles. The Balaban J connectivity index is 1.71. The molecule has 1 unspecified atom stereocenters. The molecule has 0 saturated carbocycles. The van der Waals surface area contributed by atoms with Crippen LogP contribution in [0.5, 0.6) is 5.75 Å². The first-order valence-corrected chi connectivity index (χ1v) is 8.09. The molecule has 1 amide bonds. The summed E-state index contributed by atoms with van der Waals surface area (Å²) in [5, 5.41) is 17.9. The zero-order valence-electron chi connectivity index (χ0n) is 13.9. The number of hydrazone groups is 1. The number of alkyl halides is 2. The summed E-state index contributed by atoms with van der Waals surface area (Å²) >= 11 is 5.65. The van der Waals surface area contributed by atoms with Gasteiger partial charge >= 0.3 is 0 Å². The Hall–Kier alpha value is -2.59. The number of amides is 1. The SMILES string of the molecule is CC1=NN(C(=O)c2ccn(COc3ccc(F)c(Cl)c3)n2)C(O)(C(F)F)C1. The van der Waals surface area contributed by atoms with Crippen LogP contribution in [0, 0.1) is 5.82 Å². The molecule has 1 N–H and O–H groups in total. The summed E-state index contributed by atoms with van der Waals surface area (Å²) in [7, 11) is 0. The highest BCUT2D eigenvalue weighted by molar-refractivity contribution is 6.30. The van der Waals surface area contributed by atoms with Gasteiger partial charge in [-0.1, -0.05) is 11.6 Å². The molecular weight excluding hydrogens is 389 g/mol. The standard InChI is InChI=1S/C16H14ClF3N4O3/c1-9-7-16(26,15(19)20)24(21-9)14(25)13-4-5-23(22-13)8-27-10-2-3-12(18)11(17)6-10/h2-6,15,26H,7-8H2,1H3. The first kappa shape index (κ1) is 19.2. The third kappa shape index (κ3) is 3.76. The van der Waals surface area contributed by atoms with Gasteiger partial charge in [0.05, 0.1) is 5.02 Å². The van der Waals surface area contributed by atoms with Gasteiger partial charge in [-0.25, -0.2) is 17.9 Å². The van der Waals surface area contributed by atoms with Crippen molar-refractivity contribution in [3.63, 3.8) is 0 Å². The van der Waals surface area contributed by atoms with Crippen molar-refractivity contribution >= 4 is 23.2 Å². The van der Waals surface area contributed by atoms with Gasteiger partial charge in [-0.15, -0.1) is 0 Å². The first-order valence-electron chi connectivity index (χ1n) is 7.71. The van der Waals surface area contributed by atoms with Crippen LogP contribution in [-0.4, -0.2) is 43.7 Å². The number of ether oxygens (including phenoxy) is 1. The molecule has 0 saturated heterocycles. The second-order valence-corrected chi connectivity index (χ2v) is 6.31. The molecule has 0 bridgehead atoms. The van der Waals surface area contributed by atoms with Crippen molar-refractivity contribution in [1.82, 2.24) is 14.8 Å². The van der Waals surface area contributed by atoms with Crippen molar-refractivity contribution in [2.24, 2.45) is 5.10 Å². The van der Waals surface area contributed by atoms with E-state index in [9.17, 15) is 23.1 Å². The molecule has 2 aromatic rings. The van der Waals surface area contributed by atoms with E-state index >= 15 is 0 Å². The maximum absolute atomic E-state index is 13.2. The lowest BCUT2D eigenvalue weighted by Crippen LogP contribution is -2.51. The number of rotatable bonds is 5. The third-order valence-corrected chi connectivity index (χ3v) is 4.10. The van der Waals surface area contributed by atoms with Crippen LogP contribution in [0.4, 0.5) is 13.2 Å². The van der Waals surface area contributed by atoms with Gasteiger partial charge < -0.3 is 9.84 Å². The third-order valence-electron chi connectivity index (χ3n) is 3.81. The lowest BCUT2D eigenvalue weighted by Gasteiger charge is -2.29. The fraction of sp³-hybridized carbons (Fsp3) is 0.312. The van der Waals surface area contributed by atoms with Crippen molar-refractivity contribution in [3.8, 4) is 5.75 Å². The number of hydrogen-bond donors (Lipinski definition) is 1. The molecule has 0 aliphatic carbocycles. The predicted octanol–water partition coefficient (Wildman–Crippen LogP) is 2.89. The number of benzene rings is 1. The Kier molecular flexibility index (Phi) is 5.11. The van der Waals surface area contributed by atoms with Crippen LogP contribution in [0.25, 0.3) is 0 Å². The van der Waals surface area contributed by atoms with Gasteiger partial charge in [0.2, 0.25) is 5.72 Å². The van der Waals surface area contributed by atoms with Crippen molar-refractivity contribution in [3.05, 3.63) is 47.0 Å². The smallest absolute Gasteiger partial charge is 0.297 e. The molecular formula is C16H14ClF3N4O3. The normalized spacial score (nSPS) is 19.5. The summed E-state index contributed by atoms with van der Waals surface area (Å²) in [6.45, 7) is 1.29. The Morgan fingerprint density at radius 1 is 1.44 bits per heavy atom. The van der Waals surface area contributed by atoms with Gasteiger partial charge in [-0.05, 0) is 25.1 Å². The molecule has 144 valence electrons. The zero-order chi connectivity index (χ0) is 19.8. The van der Waals surface area contributed by atoms with Gasteiger partial charge in [-0.3, -0.25) is 4.79 Å². The molecule has 1 aromatic heterocycles. The van der Waals surface area contributed by atoms with Crippen molar-refractivity contribution in [2.45, 2.75) is 32.2 Å². The number of aromatic nitrogens is 2. The summed E-state index contributed by atoms with van der Waals surface area (Å²) in [6, 6.07) is 5.05. The summed E-state index contributed by atoms with van der Waals surface area (Å²) in [6.07, 6.45) is -2.27. The van der Waals surface area contributed by atoms with E-state index in [0.29, 0.717) is 5.01 Å². The summed E-state index contributed by atoms with van der Waals surface area (Å²) in [5.74, 6) is -1.29. The van der Waals surface area contributed by atoms with E-state index in [1.54, 1.807) is 0 Å². The molecule has 11 heteroatoms. The molecule has 1 aliphatic rings. The Morgan fingerprint density at radius 3 is 2.85 bits per heavy atom. The number of hydrogen-bond acceptors (Lipinski definition) is 5. The predicted molar refractivity (Wildman–Crippen MR) is 89.1 cm³/mol. The second-order valence-electron chi connectivity index (χ2n) is 5.90. The second kappa shape index (κ2) is 7.20. The topological polar surface area (TPSA) is 80.0 Å². The number of aliphatic hydroxyl groups is 1. The van der Waals surface area contributed by atoms with Gasteiger partial charge in [0, 0.05) is 24.4 Å². The number of carbonyl (C=O) groups is 1. The van der Waals surface area contributed by atoms with Gasteiger partial charge in [0.15, 0.2) is 12.4 Å². The fourth-order valence-corrected chi connectivity index (χ4v) is 2.67. The monoisotopic (exact) mass is 402 g/mol. The van der Waals surface area contributed by atoms with E-state index < -0.39 is 30.3 Å². The molecule has 0 radical (unpaired) electrons. The molecule has 3 rings (SSSR count). The maximum atomic E-state index is 13.2. The van der Waals surface area contributed by atoms with Gasteiger partial charge in [0.1, 0.15) is 11.6 Å².